The van der Waals surface area contributed by atoms with Gasteiger partial charge in [0.2, 0.25) is 0 Å². The smallest absolute Gasteiger partial charge is 0.187 e. The minimum absolute atomic E-state index is 0.115. The zero-order valence-electron chi connectivity index (χ0n) is 27.2. The number of allylic oxidation sites excluding steroid dienone is 1. The first-order valence-corrected chi connectivity index (χ1v) is 17.0. The third-order valence-electron chi connectivity index (χ3n) is 13.7. The number of hydrogen-bond donors (Lipinski definition) is 7. The van der Waals surface area contributed by atoms with E-state index in [-0.39, 0.29) is 28.9 Å². The molecule has 10 heteroatoms. The Morgan fingerprint density at radius 1 is 0.977 bits per heavy atom. The van der Waals surface area contributed by atoms with Crippen LogP contribution in [0.2, 0.25) is 0 Å². The molecule has 3 saturated carbocycles. The largest absolute Gasteiger partial charge is 0.394 e. The molecule has 4 aliphatic carbocycles. The minimum atomic E-state index is -1.50. The zero-order valence-corrected chi connectivity index (χ0v) is 27.2. The summed E-state index contributed by atoms with van der Waals surface area (Å²) in [7, 11) is 1.96. The summed E-state index contributed by atoms with van der Waals surface area (Å²) < 4.78 is 11.9. The van der Waals surface area contributed by atoms with Crippen molar-refractivity contribution < 1.29 is 45.2 Å². The Bertz CT molecular complexity index is 1100. The summed E-state index contributed by atoms with van der Waals surface area (Å²) in [5, 5.41) is 75.1. The van der Waals surface area contributed by atoms with Gasteiger partial charge in [0.25, 0.3) is 0 Å². The van der Waals surface area contributed by atoms with Gasteiger partial charge in [0.05, 0.1) is 30.0 Å². The van der Waals surface area contributed by atoms with Gasteiger partial charge in [-0.3, -0.25) is 4.90 Å². The highest BCUT2D eigenvalue weighted by atomic mass is 16.7. The van der Waals surface area contributed by atoms with Gasteiger partial charge < -0.3 is 45.2 Å². The van der Waals surface area contributed by atoms with Crippen LogP contribution in [-0.4, -0.2) is 121 Å². The van der Waals surface area contributed by atoms with Crippen LogP contribution < -0.4 is 0 Å². The molecule has 0 amide bonds. The summed E-state index contributed by atoms with van der Waals surface area (Å²) >= 11 is 0. The lowest BCUT2D eigenvalue weighted by molar-refractivity contribution is -0.330. The number of likely N-dealkylation sites (tertiary alicyclic amines) is 1. The van der Waals surface area contributed by atoms with E-state index in [4.69, 9.17) is 9.47 Å². The van der Waals surface area contributed by atoms with Crippen LogP contribution in [0.4, 0.5) is 0 Å². The number of nitrogens with zero attached hydrogens (tertiary/aromatic N) is 1. The number of rotatable bonds is 5. The molecule has 0 aromatic carbocycles. The van der Waals surface area contributed by atoms with Crippen molar-refractivity contribution in [1.82, 2.24) is 4.90 Å². The normalized spacial score (nSPS) is 54.5. The van der Waals surface area contributed by atoms with Crippen molar-refractivity contribution in [3.05, 3.63) is 11.6 Å². The highest BCUT2D eigenvalue weighted by Gasteiger charge is 2.66. The van der Waals surface area contributed by atoms with Crippen molar-refractivity contribution >= 4 is 0 Å². The molecule has 10 nitrogen and oxygen atoms in total. The molecule has 2 aliphatic heterocycles. The lowest BCUT2D eigenvalue weighted by Gasteiger charge is -2.60. The van der Waals surface area contributed by atoms with Crippen LogP contribution in [-0.2, 0) is 9.47 Å². The fourth-order valence-corrected chi connectivity index (χ4v) is 11.6. The van der Waals surface area contributed by atoms with Gasteiger partial charge in [0.1, 0.15) is 24.4 Å². The van der Waals surface area contributed by atoms with E-state index in [1.165, 1.54) is 5.57 Å². The van der Waals surface area contributed by atoms with E-state index in [0.717, 1.165) is 38.5 Å². The van der Waals surface area contributed by atoms with Gasteiger partial charge >= 0.3 is 0 Å². The van der Waals surface area contributed by atoms with Crippen molar-refractivity contribution in [2.24, 2.45) is 34.5 Å². The van der Waals surface area contributed by atoms with Crippen molar-refractivity contribution in [2.75, 3.05) is 20.2 Å². The quantitative estimate of drug-likeness (QED) is 0.222. The Labute approximate surface area is 262 Å². The van der Waals surface area contributed by atoms with Gasteiger partial charge in [0, 0.05) is 18.5 Å². The summed E-state index contributed by atoms with van der Waals surface area (Å²) in [6.45, 7) is 8.44. The maximum Gasteiger partial charge on any atom is 0.187 e. The monoisotopic (exact) mass is 623 g/mol. The molecule has 0 radical (unpaired) electrons. The Hall–Kier alpha value is -0.660. The fraction of sp³-hybridized carbons (Fsp3) is 0.941. The number of aliphatic hydroxyl groups excluding tert-OH is 6. The van der Waals surface area contributed by atoms with Gasteiger partial charge in [-0.1, -0.05) is 25.5 Å². The molecule has 16 atom stereocenters. The van der Waals surface area contributed by atoms with Crippen LogP contribution >= 0.6 is 0 Å². The first-order chi connectivity index (χ1) is 20.6. The van der Waals surface area contributed by atoms with Crippen molar-refractivity contribution in [3.63, 3.8) is 0 Å². The minimum Gasteiger partial charge on any atom is -0.394 e. The lowest BCUT2D eigenvalue weighted by Crippen LogP contribution is -2.66. The molecule has 5 fully saturated rings. The second-order valence-electron chi connectivity index (χ2n) is 16.4. The van der Waals surface area contributed by atoms with Crippen LogP contribution in [0.15, 0.2) is 11.6 Å². The van der Waals surface area contributed by atoms with E-state index in [2.05, 4.69) is 24.8 Å². The van der Waals surface area contributed by atoms with Gasteiger partial charge in [-0.05, 0) is 107 Å². The molecule has 44 heavy (non-hydrogen) atoms. The number of aliphatic hydroxyl groups is 7. The fourth-order valence-electron chi connectivity index (χ4n) is 11.6. The van der Waals surface area contributed by atoms with Gasteiger partial charge in [-0.2, -0.15) is 0 Å². The van der Waals surface area contributed by atoms with E-state index in [9.17, 15) is 35.7 Å². The van der Waals surface area contributed by atoms with Crippen LogP contribution in [0.25, 0.3) is 0 Å². The second kappa shape index (κ2) is 11.5. The molecular formula is C34H57NO9. The lowest BCUT2D eigenvalue weighted by atomic mass is 9.46. The molecule has 7 N–H and O–H groups in total. The molecule has 0 aromatic heterocycles. The van der Waals surface area contributed by atoms with E-state index in [1.54, 1.807) is 0 Å². The van der Waals surface area contributed by atoms with Crippen molar-refractivity contribution in [1.29, 1.82) is 0 Å². The summed E-state index contributed by atoms with van der Waals surface area (Å²) in [5.74, 6) is 1.05. The Kier molecular flexibility index (Phi) is 8.69. The topological polar surface area (TPSA) is 163 Å². The maximum atomic E-state index is 12.5. The van der Waals surface area contributed by atoms with Gasteiger partial charge in [-0.15, -0.1) is 0 Å². The van der Waals surface area contributed by atoms with Crippen LogP contribution in [0.1, 0.15) is 85.5 Å². The average molecular weight is 624 g/mol. The van der Waals surface area contributed by atoms with E-state index >= 15 is 0 Å². The molecule has 2 saturated heterocycles. The molecule has 2 heterocycles. The average Bonchev–Trinajstić information content (AvgIpc) is 3.24. The summed E-state index contributed by atoms with van der Waals surface area (Å²) in [6, 6.07) is -0.225. The summed E-state index contributed by atoms with van der Waals surface area (Å²) in [5.41, 5.74) is -0.591. The zero-order chi connectivity index (χ0) is 32.0. The van der Waals surface area contributed by atoms with Crippen LogP contribution in [0, 0.1) is 34.5 Å². The molecule has 252 valence electrons. The Morgan fingerprint density at radius 3 is 2.39 bits per heavy atom. The molecule has 0 unspecified atom stereocenters. The molecule has 6 aliphatic rings. The van der Waals surface area contributed by atoms with E-state index in [1.807, 2.05) is 20.9 Å². The highest BCUT2D eigenvalue weighted by molar-refractivity contribution is 5.26. The van der Waals surface area contributed by atoms with Crippen LogP contribution in [0.5, 0.6) is 0 Å². The number of hydrogen-bond acceptors (Lipinski definition) is 10. The van der Waals surface area contributed by atoms with Gasteiger partial charge in [-0.25, -0.2) is 0 Å². The molecule has 0 aromatic rings. The standard InChI is InChI=1S/C34H57NO9/c1-31(44-30-28(41)27(40)26(39)24(16-36)43-30)11-10-25(35(5)17-31)34(4,42)29-23(38)15-22-20-7-6-18-14-19(37)8-12-32(18,2)21(20)9-13-33(22,29)3/h6,19-30,36-42H,7-17H2,1-5H3/t19-,20+,21+,22-,23+,24+,25-,26+,27-,28+,29-,30-,31-,32+,33-,34+/m1/s1. The first-order valence-electron chi connectivity index (χ1n) is 17.0. The summed E-state index contributed by atoms with van der Waals surface area (Å²) in [6.07, 6.45) is 2.44. The van der Waals surface area contributed by atoms with E-state index < -0.39 is 54.6 Å². The number of likely N-dealkylation sites (N-methyl/N-ethyl adjacent to an activating group) is 1. The molecule has 6 rings (SSSR count). The molecule has 0 spiro atoms. The second-order valence-corrected chi connectivity index (χ2v) is 16.4. The third kappa shape index (κ3) is 5.15. The molecule has 0 bridgehead atoms. The molecular weight excluding hydrogens is 566 g/mol. The maximum absolute atomic E-state index is 12.5. The number of ether oxygens (including phenoxy) is 2. The van der Waals surface area contributed by atoms with Gasteiger partial charge in [0.15, 0.2) is 6.29 Å². The predicted molar refractivity (Wildman–Crippen MR) is 162 cm³/mol. The Balaban J connectivity index is 1.17. The third-order valence-corrected chi connectivity index (χ3v) is 13.7. The van der Waals surface area contributed by atoms with Crippen LogP contribution in [0.3, 0.4) is 0 Å². The van der Waals surface area contributed by atoms with E-state index in [0.29, 0.717) is 43.6 Å². The Morgan fingerprint density at radius 2 is 1.70 bits per heavy atom. The number of piperidine rings is 1. The SMILES string of the molecule is CN1C[C@](C)(O[C@H]2O[C@@H](CO)[C@H](O)[C@@H](O)[C@@H]2O)CC[C@@H]1[C@](C)(O)[C@@H]1[C@@H](O)C[C@@H]2[C@H]3CC=C4C[C@H](O)CC[C@]4(C)[C@H]3CC[C@]21C. The summed E-state index contributed by atoms with van der Waals surface area (Å²) in [4.78, 5) is 2.09. The predicted octanol–water partition coefficient (Wildman–Crippen LogP) is 1.32. The highest BCUT2D eigenvalue weighted by Crippen LogP contribution is 2.68. The first kappa shape index (κ1) is 33.2. The van der Waals surface area contributed by atoms with Crippen molar-refractivity contribution in [2.45, 2.75) is 146 Å². The number of fused-ring (bicyclic) bond motifs is 5. The van der Waals surface area contributed by atoms with Crippen molar-refractivity contribution in [3.8, 4) is 0 Å².